The maximum absolute atomic E-state index is 12.8. The van der Waals surface area contributed by atoms with Gasteiger partial charge in [0, 0.05) is 43.9 Å². The molecule has 0 atom stereocenters. The predicted molar refractivity (Wildman–Crippen MR) is 113 cm³/mol. The molecule has 2 aromatic carbocycles. The number of nitro benzene ring substituents is 1. The Hall–Kier alpha value is -3.17. The van der Waals surface area contributed by atoms with Crippen LogP contribution in [-0.2, 0) is 0 Å². The zero-order valence-corrected chi connectivity index (χ0v) is 17.1. The van der Waals surface area contributed by atoms with Gasteiger partial charge in [0.05, 0.1) is 26.3 Å². The van der Waals surface area contributed by atoms with E-state index in [2.05, 4.69) is 15.1 Å². The normalized spacial score (nSPS) is 14.1. The number of aromatic nitrogens is 3. The molecule has 3 aromatic rings. The average molecular weight is 447 g/mol. The van der Waals surface area contributed by atoms with Crippen molar-refractivity contribution in [2.24, 2.45) is 0 Å². The number of benzene rings is 2. The molecule has 1 aliphatic rings. The Bertz CT molecular complexity index is 1100. The summed E-state index contributed by atoms with van der Waals surface area (Å²) in [6, 6.07) is 9.50. The Morgan fingerprint density at radius 3 is 2.27 bits per heavy atom. The molecule has 1 aromatic heterocycles. The molecule has 2 heterocycles. The number of non-ortho nitro benzene ring substituents is 1. The molecule has 4 rings (SSSR count). The first kappa shape index (κ1) is 20.1. The van der Waals surface area contributed by atoms with E-state index in [9.17, 15) is 14.9 Å². The molecule has 30 heavy (non-hydrogen) atoms. The summed E-state index contributed by atoms with van der Waals surface area (Å²) in [6.45, 7) is 2.13. The van der Waals surface area contributed by atoms with Crippen LogP contribution in [0.4, 0.5) is 11.4 Å². The van der Waals surface area contributed by atoms with E-state index >= 15 is 0 Å². The van der Waals surface area contributed by atoms with Gasteiger partial charge >= 0.3 is 0 Å². The van der Waals surface area contributed by atoms with Crippen LogP contribution in [0.15, 0.2) is 49.1 Å². The molecule has 0 bridgehead atoms. The molecule has 1 fully saturated rings. The minimum Gasteiger partial charge on any atom is -0.366 e. The van der Waals surface area contributed by atoms with Crippen molar-refractivity contribution >= 4 is 40.5 Å². The van der Waals surface area contributed by atoms with Gasteiger partial charge in [0.15, 0.2) is 0 Å². The molecule has 0 unspecified atom stereocenters. The number of rotatable bonds is 4. The highest BCUT2D eigenvalue weighted by Gasteiger charge is 2.25. The molecular formula is C19H16Cl2N6O3. The van der Waals surface area contributed by atoms with Crippen molar-refractivity contribution in [3.05, 3.63) is 74.8 Å². The van der Waals surface area contributed by atoms with Crippen molar-refractivity contribution in [1.29, 1.82) is 0 Å². The maximum Gasteiger partial charge on any atom is 0.271 e. The second-order valence-electron chi connectivity index (χ2n) is 6.71. The van der Waals surface area contributed by atoms with E-state index in [1.165, 1.54) is 24.8 Å². The van der Waals surface area contributed by atoms with E-state index in [1.54, 1.807) is 33.7 Å². The second-order valence-corrected chi connectivity index (χ2v) is 7.52. The predicted octanol–water partition coefficient (Wildman–Crippen LogP) is 3.44. The van der Waals surface area contributed by atoms with Crippen LogP contribution in [0.25, 0.3) is 5.69 Å². The fourth-order valence-corrected chi connectivity index (χ4v) is 3.68. The molecule has 0 radical (unpaired) electrons. The third-order valence-corrected chi connectivity index (χ3v) is 5.68. The third-order valence-electron chi connectivity index (χ3n) is 4.94. The molecule has 154 valence electrons. The highest BCUT2D eigenvalue weighted by atomic mass is 35.5. The zero-order valence-electron chi connectivity index (χ0n) is 15.6. The van der Waals surface area contributed by atoms with Crippen LogP contribution in [0.1, 0.15) is 10.4 Å². The molecular weight excluding hydrogens is 431 g/mol. The third kappa shape index (κ3) is 3.94. The molecule has 1 amide bonds. The lowest BCUT2D eigenvalue weighted by atomic mass is 10.1. The summed E-state index contributed by atoms with van der Waals surface area (Å²) < 4.78 is 1.63. The number of hydrogen-bond acceptors (Lipinski definition) is 6. The lowest BCUT2D eigenvalue weighted by molar-refractivity contribution is -0.384. The number of carbonyl (C=O) groups is 1. The maximum atomic E-state index is 12.8. The van der Waals surface area contributed by atoms with Gasteiger partial charge in [-0.3, -0.25) is 19.5 Å². The molecule has 11 heteroatoms. The van der Waals surface area contributed by atoms with Crippen molar-refractivity contribution in [3.8, 4) is 5.69 Å². The van der Waals surface area contributed by atoms with Gasteiger partial charge in [-0.1, -0.05) is 23.2 Å². The van der Waals surface area contributed by atoms with E-state index in [1.807, 2.05) is 0 Å². The van der Waals surface area contributed by atoms with Crippen LogP contribution in [0.2, 0.25) is 10.0 Å². The number of piperazine rings is 1. The summed E-state index contributed by atoms with van der Waals surface area (Å²) in [5, 5.41) is 19.5. The standard InChI is InChI=1S/C19H16Cl2N6O3/c20-15-3-1-13(9-16(15)21)19(28)25-7-5-24(6-8-25)17-4-2-14(27(29)30)10-18(17)26-11-22-23-12-26/h1-4,9-12H,5-8H2. The fraction of sp³-hybridized carbons (Fsp3) is 0.211. The van der Waals surface area contributed by atoms with E-state index in [-0.39, 0.29) is 11.6 Å². The van der Waals surface area contributed by atoms with E-state index in [4.69, 9.17) is 23.2 Å². The van der Waals surface area contributed by atoms with Crippen LogP contribution in [-0.4, -0.2) is 56.7 Å². The van der Waals surface area contributed by atoms with E-state index in [0.717, 1.165) is 5.69 Å². The Balaban J connectivity index is 1.53. The van der Waals surface area contributed by atoms with Crippen LogP contribution in [0, 0.1) is 10.1 Å². The van der Waals surface area contributed by atoms with Gasteiger partial charge in [0.2, 0.25) is 0 Å². The first-order chi connectivity index (χ1) is 14.4. The van der Waals surface area contributed by atoms with Crippen molar-refractivity contribution in [2.45, 2.75) is 0 Å². The lowest BCUT2D eigenvalue weighted by Crippen LogP contribution is -2.49. The van der Waals surface area contributed by atoms with Gasteiger partial charge in [0.25, 0.3) is 11.6 Å². The molecule has 0 spiro atoms. The second kappa shape index (κ2) is 8.29. The topological polar surface area (TPSA) is 97.4 Å². The SMILES string of the molecule is O=C(c1ccc(Cl)c(Cl)c1)N1CCN(c2ccc([N+](=O)[O-])cc2-n2cnnc2)CC1. The first-order valence-corrected chi connectivity index (χ1v) is 9.82. The number of nitrogens with zero attached hydrogens (tertiary/aromatic N) is 6. The number of nitro groups is 1. The summed E-state index contributed by atoms with van der Waals surface area (Å²) in [5.74, 6) is -0.115. The highest BCUT2D eigenvalue weighted by molar-refractivity contribution is 6.42. The van der Waals surface area contributed by atoms with E-state index < -0.39 is 4.92 Å². The molecule has 0 N–H and O–H groups in total. The summed E-state index contributed by atoms with van der Waals surface area (Å²) in [5.41, 5.74) is 1.88. The molecule has 9 nitrogen and oxygen atoms in total. The van der Waals surface area contributed by atoms with Crippen LogP contribution < -0.4 is 4.90 Å². The van der Waals surface area contributed by atoms with Gasteiger partial charge in [-0.2, -0.15) is 0 Å². The Morgan fingerprint density at radius 1 is 0.933 bits per heavy atom. The Morgan fingerprint density at radius 2 is 1.63 bits per heavy atom. The van der Waals surface area contributed by atoms with Gasteiger partial charge in [-0.25, -0.2) is 0 Å². The first-order valence-electron chi connectivity index (χ1n) is 9.07. The number of halogens is 2. The van der Waals surface area contributed by atoms with Gasteiger partial charge in [-0.05, 0) is 24.3 Å². The van der Waals surface area contributed by atoms with Crippen molar-refractivity contribution in [1.82, 2.24) is 19.7 Å². The minimum absolute atomic E-state index is 0.0177. The lowest BCUT2D eigenvalue weighted by Gasteiger charge is -2.37. The minimum atomic E-state index is -0.439. The monoisotopic (exact) mass is 446 g/mol. The summed E-state index contributed by atoms with van der Waals surface area (Å²) in [6.07, 6.45) is 2.99. The highest BCUT2D eigenvalue weighted by Crippen LogP contribution is 2.30. The Labute approximate surface area is 181 Å². The molecule has 0 aliphatic carbocycles. The zero-order chi connectivity index (χ0) is 21.3. The summed E-state index contributed by atoms with van der Waals surface area (Å²) >= 11 is 12.0. The fourth-order valence-electron chi connectivity index (χ4n) is 3.39. The number of carbonyl (C=O) groups excluding carboxylic acids is 1. The van der Waals surface area contributed by atoms with Gasteiger partial charge < -0.3 is 9.80 Å². The number of hydrogen-bond donors (Lipinski definition) is 0. The van der Waals surface area contributed by atoms with Crippen LogP contribution in [0.3, 0.4) is 0 Å². The van der Waals surface area contributed by atoms with Gasteiger partial charge in [0.1, 0.15) is 12.7 Å². The number of anilines is 1. The average Bonchev–Trinajstić information content (AvgIpc) is 3.30. The van der Waals surface area contributed by atoms with Gasteiger partial charge in [-0.15, -0.1) is 10.2 Å². The summed E-state index contributed by atoms with van der Waals surface area (Å²) in [7, 11) is 0. The van der Waals surface area contributed by atoms with E-state index in [0.29, 0.717) is 47.5 Å². The van der Waals surface area contributed by atoms with Crippen molar-refractivity contribution in [3.63, 3.8) is 0 Å². The van der Waals surface area contributed by atoms with Crippen LogP contribution in [0.5, 0.6) is 0 Å². The van der Waals surface area contributed by atoms with Crippen LogP contribution >= 0.6 is 23.2 Å². The smallest absolute Gasteiger partial charge is 0.271 e. The quantitative estimate of drug-likeness (QED) is 0.449. The largest absolute Gasteiger partial charge is 0.366 e. The Kier molecular flexibility index (Phi) is 5.56. The van der Waals surface area contributed by atoms with Crippen molar-refractivity contribution in [2.75, 3.05) is 31.1 Å². The molecule has 1 saturated heterocycles. The summed E-state index contributed by atoms with van der Waals surface area (Å²) in [4.78, 5) is 27.4. The molecule has 1 aliphatic heterocycles. The number of amides is 1. The van der Waals surface area contributed by atoms with Crippen molar-refractivity contribution < 1.29 is 9.72 Å². The molecule has 0 saturated carbocycles.